The first-order valence-corrected chi connectivity index (χ1v) is 6.58. The van der Waals surface area contributed by atoms with E-state index in [1.54, 1.807) is 31.5 Å². The topological polar surface area (TPSA) is 71.5 Å². The van der Waals surface area contributed by atoms with Crippen LogP contribution in [-0.2, 0) is 9.53 Å². The van der Waals surface area contributed by atoms with Gasteiger partial charge in [-0.15, -0.1) is 0 Å². The Balaban J connectivity index is 2.63. The Kier molecular flexibility index (Phi) is 6.64. The van der Waals surface area contributed by atoms with Gasteiger partial charge in [0, 0.05) is 26.0 Å². The second kappa shape index (κ2) is 7.99. The number of rotatable bonds is 7. The number of ether oxygens (including phenoxy) is 1. The predicted octanol–water partition coefficient (Wildman–Crippen LogP) is 1.65. The number of hydrogen-bond donors (Lipinski definition) is 2. The monoisotopic (exact) mass is 298 g/mol. The molecule has 5 nitrogen and oxygen atoms in total. The molecule has 110 valence electrons. The van der Waals surface area contributed by atoms with Crippen molar-refractivity contribution in [1.82, 2.24) is 10.3 Å². The molecule has 0 aliphatic heterocycles. The van der Waals surface area contributed by atoms with Crippen LogP contribution in [0.25, 0.3) is 6.08 Å². The van der Waals surface area contributed by atoms with Gasteiger partial charge in [-0.2, -0.15) is 0 Å². The van der Waals surface area contributed by atoms with Crippen molar-refractivity contribution >= 4 is 23.6 Å². The van der Waals surface area contributed by atoms with Gasteiger partial charge in [0.15, 0.2) is 0 Å². The van der Waals surface area contributed by atoms with Gasteiger partial charge in [-0.05, 0) is 31.1 Å². The van der Waals surface area contributed by atoms with Crippen molar-refractivity contribution in [3.05, 3.63) is 35.1 Å². The summed E-state index contributed by atoms with van der Waals surface area (Å²) in [6, 6.07) is 3.42. The van der Waals surface area contributed by atoms with E-state index >= 15 is 0 Å². The molecule has 1 unspecified atom stereocenters. The number of hydrogen-bond acceptors (Lipinski definition) is 4. The number of pyridine rings is 1. The van der Waals surface area contributed by atoms with Gasteiger partial charge in [0.25, 0.3) is 0 Å². The Labute approximate surface area is 123 Å². The van der Waals surface area contributed by atoms with E-state index in [4.69, 9.17) is 21.4 Å². The van der Waals surface area contributed by atoms with Crippen molar-refractivity contribution < 1.29 is 14.6 Å². The van der Waals surface area contributed by atoms with Gasteiger partial charge in [-0.3, -0.25) is 4.79 Å². The Hall–Kier alpha value is -1.43. The summed E-state index contributed by atoms with van der Waals surface area (Å²) in [5.74, 6) is -0.257. The fourth-order valence-corrected chi connectivity index (χ4v) is 1.84. The molecule has 0 radical (unpaired) electrons. The fraction of sp³-hybridized carbons (Fsp3) is 0.429. The summed E-state index contributed by atoms with van der Waals surface area (Å²) in [7, 11) is 1.55. The van der Waals surface area contributed by atoms with Crippen molar-refractivity contribution in [3.8, 4) is 0 Å². The molecule has 0 aliphatic carbocycles. The second-order valence-corrected chi connectivity index (χ2v) is 5.09. The van der Waals surface area contributed by atoms with E-state index in [9.17, 15) is 4.79 Å². The lowest BCUT2D eigenvalue weighted by Crippen LogP contribution is -2.49. The summed E-state index contributed by atoms with van der Waals surface area (Å²) in [5, 5.41) is 12.3. The molecule has 1 aromatic rings. The van der Waals surface area contributed by atoms with E-state index in [1.807, 2.05) is 6.92 Å². The average Bonchev–Trinajstić information content (AvgIpc) is 2.38. The van der Waals surface area contributed by atoms with Crippen LogP contribution in [0, 0.1) is 0 Å². The second-order valence-electron chi connectivity index (χ2n) is 4.70. The molecule has 0 aliphatic rings. The maximum Gasteiger partial charge on any atom is 0.244 e. The van der Waals surface area contributed by atoms with Crippen LogP contribution in [0.2, 0.25) is 5.15 Å². The minimum atomic E-state index is -0.594. The van der Waals surface area contributed by atoms with Crippen LogP contribution in [0.1, 0.15) is 18.9 Å². The van der Waals surface area contributed by atoms with Crippen LogP contribution in [0.4, 0.5) is 0 Å². The van der Waals surface area contributed by atoms with E-state index in [0.29, 0.717) is 18.2 Å². The minimum absolute atomic E-state index is 0.0229. The Morgan fingerprint density at radius 1 is 1.60 bits per heavy atom. The molecule has 20 heavy (non-hydrogen) atoms. The van der Waals surface area contributed by atoms with Crippen LogP contribution in [0.5, 0.6) is 0 Å². The van der Waals surface area contributed by atoms with Crippen molar-refractivity contribution in [2.24, 2.45) is 0 Å². The number of nitrogens with one attached hydrogen (secondary N) is 1. The van der Waals surface area contributed by atoms with Crippen molar-refractivity contribution in [3.63, 3.8) is 0 Å². The first-order valence-electron chi connectivity index (χ1n) is 6.21. The highest BCUT2D eigenvalue weighted by Gasteiger charge is 2.24. The van der Waals surface area contributed by atoms with Crippen molar-refractivity contribution in [2.75, 3.05) is 20.3 Å². The first-order chi connectivity index (χ1) is 9.49. The molecular formula is C14H19ClN2O3. The first kappa shape index (κ1) is 16.6. The molecule has 1 heterocycles. The summed E-state index contributed by atoms with van der Waals surface area (Å²) in [4.78, 5) is 15.8. The Morgan fingerprint density at radius 2 is 2.35 bits per heavy atom. The Morgan fingerprint density at radius 3 is 2.90 bits per heavy atom. The van der Waals surface area contributed by atoms with Crippen LogP contribution < -0.4 is 5.32 Å². The molecule has 1 rings (SSSR count). The molecule has 0 saturated carbocycles. The number of nitrogens with zero attached hydrogens (tertiary/aromatic N) is 1. The summed E-state index contributed by atoms with van der Waals surface area (Å²) in [5.41, 5.74) is 0.184. The SMILES string of the molecule is COCC(C)(CCO)NC(=O)/C=C/c1ccc(Cl)nc1. The van der Waals surface area contributed by atoms with Gasteiger partial charge >= 0.3 is 0 Å². The van der Waals surface area contributed by atoms with Gasteiger partial charge in [0.1, 0.15) is 5.15 Å². The molecule has 0 fully saturated rings. The van der Waals surface area contributed by atoms with E-state index in [2.05, 4.69) is 10.3 Å². The van der Waals surface area contributed by atoms with Crippen LogP contribution in [0.15, 0.2) is 24.4 Å². The number of methoxy groups -OCH3 is 1. The van der Waals surface area contributed by atoms with Crippen molar-refractivity contribution in [1.29, 1.82) is 0 Å². The quantitative estimate of drug-likeness (QED) is 0.593. The molecule has 1 aromatic heterocycles. The van der Waals surface area contributed by atoms with Gasteiger partial charge in [-0.25, -0.2) is 4.98 Å². The van der Waals surface area contributed by atoms with Crippen LogP contribution in [0.3, 0.4) is 0 Å². The summed E-state index contributed by atoms with van der Waals surface area (Å²) < 4.78 is 5.06. The number of aliphatic hydroxyl groups is 1. The third-order valence-corrected chi connectivity index (χ3v) is 2.95. The summed E-state index contributed by atoms with van der Waals surface area (Å²) in [6.07, 6.45) is 5.05. The molecule has 2 N–H and O–H groups in total. The highest BCUT2D eigenvalue weighted by molar-refractivity contribution is 6.29. The third-order valence-electron chi connectivity index (χ3n) is 2.73. The van der Waals surface area contributed by atoms with Crippen molar-refractivity contribution in [2.45, 2.75) is 18.9 Å². The smallest absolute Gasteiger partial charge is 0.244 e. The molecule has 0 spiro atoms. The maximum absolute atomic E-state index is 11.9. The highest BCUT2D eigenvalue weighted by atomic mass is 35.5. The van der Waals surface area contributed by atoms with Gasteiger partial charge in [-0.1, -0.05) is 17.7 Å². The molecule has 0 saturated heterocycles. The number of halogens is 1. The third kappa shape index (κ3) is 5.69. The summed E-state index contributed by atoms with van der Waals surface area (Å²) >= 11 is 5.68. The normalized spacial score (nSPS) is 14.2. The zero-order valence-electron chi connectivity index (χ0n) is 11.6. The Bertz CT molecular complexity index is 454. The van der Waals surface area contributed by atoms with Gasteiger partial charge in [0.05, 0.1) is 12.1 Å². The lowest BCUT2D eigenvalue weighted by atomic mass is 9.99. The number of aromatic nitrogens is 1. The van der Waals surface area contributed by atoms with E-state index in [1.165, 1.54) is 6.08 Å². The minimum Gasteiger partial charge on any atom is -0.396 e. The molecule has 1 atom stereocenters. The van der Waals surface area contributed by atoms with Crippen LogP contribution in [-0.4, -0.2) is 41.9 Å². The van der Waals surface area contributed by atoms with E-state index in [-0.39, 0.29) is 12.5 Å². The number of aliphatic hydroxyl groups excluding tert-OH is 1. The molecule has 0 aromatic carbocycles. The van der Waals surface area contributed by atoms with E-state index < -0.39 is 5.54 Å². The zero-order valence-corrected chi connectivity index (χ0v) is 12.4. The average molecular weight is 299 g/mol. The van der Waals surface area contributed by atoms with Crippen LogP contribution >= 0.6 is 11.6 Å². The highest BCUT2D eigenvalue weighted by Crippen LogP contribution is 2.10. The molecule has 6 heteroatoms. The predicted molar refractivity (Wildman–Crippen MR) is 78.4 cm³/mol. The zero-order chi connectivity index (χ0) is 15.0. The van der Waals surface area contributed by atoms with Gasteiger partial charge in [0.2, 0.25) is 5.91 Å². The summed E-state index contributed by atoms with van der Waals surface area (Å²) in [6.45, 7) is 2.13. The molecular weight excluding hydrogens is 280 g/mol. The number of amides is 1. The molecule has 0 bridgehead atoms. The maximum atomic E-state index is 11.9. The number of carbonyl (C=O) groups is 1. The van der Waals surface area contributed by atoms with Gasteiger partial charge < -0.3 is 15.2 Å². The van der Waals surface area contributed by atoms with E-state index in [0.717, 1.165) is 5.56 Å². The fourth-order valence-electron chi connectivity index (χ4n) is 1.73. The largest absolute Gasteiger partial charge is 0.396 e. The molecule has 1 amide bonds. The number of carbonyl (C=O) groups excluding carboxylic acids is 1. The lowest BCUT2D eigenvalue weighted by Gasteiger charge is -2.28. The standard InChI is InChI=1S/C14H19ClN2O3/c1-14(7-8-18,10-20-2)17-13(19)6-4-11-3-5-12(15)16-9-11/h3-6,9,18H,7-8,10H2,1-2H3,(H,17,19)/b6-4+. The lowest BCUT2D eigenvalue weighted by molar-refractivity contribution is -0.119.